The number of halogens is 1. The molecule has 2 heterocycles. The zero-order chi connectivity index (χ0) is 28.7. The molecule has 11 heteroatoms. The highest BCUT2D eigenvalue weighted by atomic mass is 35.5. The molecule has 0 bridgehead atoms. The second kappa shape index (κ2) is 15.3. The van der Waals surface area contributed by atoms with Crippen molar-refractivity contribution in [1.29, 1.82) is 0 Å². The number of carbonyl (C=O) groups is 1. The summed E-state index contributed by atoms with van der Waals surface area (Å²) in [4.78, 5) is 22.6. The van der Waals surface area contributed by atoms with Crippen molar-refractivity contribution in [1.82, 2.24) is 19.5 Å². The summed E-state index contributed by atoms with van der Waals surface area (Å²) in [5.74, 6) is -0.184. The fraction of sp³-hybridized carbons (Fsp3) is 0.533. The van der Waals surface area contributed by atoms with Gasteiger partial charge in [-0.25, -0.2) is 13.4 Å². The minimum atomic E-state index is -3.57. The molecule has 41 heavy (non-hydrogen) atoms. The van der Waals surface area contributed by atoms with Crippen molar-refractivity contribution in [3.05, 3.63) is 53.1 Å². The van der Waals surface area contributed by atoms with Gasteiger partial charge in [-0.2, -0.15) is 4.31 Å². The molecule has 0 spiro atoms. The van der Waals surface area contributed by atoms with E-state index in [1.165, 1.54) is 15.8 Å². The van der Waals surface area contributed by atoms with E-state index in [2.05, 4.69) is 54.9 Å². The van der Waals surface area contributed by atoms with Crippen LogP contribution in [0.2, 0.25) is 0 Å². The van der Waals surface area contributed by atoms with E-state index in [0.717, 1.165) is 69.1 Å². The highest BCUT2D eigenvalue weighted by Crippen LogP contribution is 2.32. The summed E-state index contributed by atoms with van der Waals surface area (Å²) in [6, 6.07) is 10.7. The van der Waals surface area contributed by atoms with Crippen LogP contribution in [0.3, 0.4) is 0 Å². The molecular formula is C30H44ClN5O3S2. The maximum atomic E-state index is 13.2. The predicted octanol–water partition coefficient (Wildman–Crippen LogP) is 5.48. The maximum Gasteiger partial charge on any atom is 0.251 e. The molecule has 1 aliphatic rings. The van der Waals surface area contributed by atoms with Crippen LogP contribution in [-0.2, 0) is 10.0 Å². The van der Waals surface area contributed by atoms with Gasteiger partial charge >= 0.3 is 0 Å². The Kier molecular flexibility index (Phi) is 12.4. The molecule has 226 valence electrons. The molecule has 0 saturated carbocycles. The molecule has 3 aromatic rings. The van der Waals surface area contributed by atoms with Gasteiger partial charge in [0.05, 0.1) is 15.1 Å². The van der Waals surface area contributed by atoms with Gasteiger partial charge in [0.15, 0.2) is 5.13 Å². The molecule has 2 aromatic carbocycles. The normalized spacial score (nSPS) is 14.4. The van der Waals surface area contributed by atoms with Crippen LogP contribution in [0.15, 0.2) is 41.3 Å². The first kappa shape index (κ1) is 33.3. The number of hydrogen-bond donors (Lipinski definition) is 1. The lowest BCUT2D eigenvalue weighted by atomic mass is 10.1. The number of anilines is 1. The topological polar surface area (TPSA) is 85.8 Å². The first-order valence-corrected chi connectivity index (χ1v) is 16.7. The van der Waals surface area contributed by atoms with Crippen LogP contribution in [0.4, 0.5) is 5.13 Å². The lowest BCUT2D eigenvalue weighted by molar-refractivity contribution is 0.0947. The molecule has 1 amide bonds. The molecule has 0 unspecified atom stereocenters. The zero-order valence-electron chi connectivity index (χ0n) is 24.7. The van der Waals surface area contributed by atoms with Crippen molar-refractivity contribution in [3.63, 3.8) is 0 Å². The number of unbranched alkanes of at least 4 members (excludes halogenated alkanes) is 2. The van der Waals surface area contributed by atoms with Gasteiger partial charge in [-0.05, 0) is 68.1 Å². The van der Waals surface area contributed by atoms with E-state index in [4.69, 9.17) is 4.98 Å². The largest absolute Gasteiger partial charge is 0.351 e. The summed E-state index contributed by atoms with van der Waals surface area (Å²) in [6.45, 7) is 14.4. The highest BCUT2D eigenvalue weighted by Gasteiger charge is 2.24. The Labute approximate surface area is 255 Å². The highest BCUT2D eigenvalue weighted by molar-refractivity contribution is 7.89. The monoisotopic (exact) mass is 621 g/mol. The van der Waals surface area contributed by atoms with Crippen LogP contribution in [0, 0.1) is 13.8 Å². The number of carbonyl (C=O) groups excluding carboxylic acids is 1. The number of thiazole rings is 1. The average molecular weight is 622 g/mol. The SMILES string of the molecule is CCCCN(CCCC)S(=O)(=O)c1ccc(C(=O)NCCN2CCN(c3nc4c(C)cc(C)cc4s3)CC2)cc1.Cl. The van der Waals surface area contributed by atoms with Crippen LogP contribution in [0.25, 0.3) is 10.2 Å². The molecule has 0 radical (unpaired) electrons. The van der Waals surface area contributed by atoms with Crippen LogP contribution in [0.1, 0.15) is 61.0 Å². The summed E-state index contributed by atoms with van der Waals surface area (Å²) >= 11 is 1.76. The Morgan fingerprint density at radius 3 is 2.24 bits per heavy atom. The number of amides is 1. The molecule has 0 aliphatic carbocycles. The fourth-order valence-corrected chi connectivity index (χ4v) is 7.75. The lowest BCUT2D eigenvalue weighted by Gasteiger charge is -2.34. The van der Waals surface area contributed by atoms with Gasteiger partial charge in [0, 0.05) is 57.9 Å². The fourth-order valence-electron chi connectivity index (χ4n) is 5.03. The molecule has 1 aliphatic heterocycles. The summed E-state index contributed by atoms with van der Waals surface area (Å²) < 4.78 is 29.2. The van der Waals surface area contributed by atoms with Gasteiger partial charge in [-0.1, -0.05) is 44.1 Å². The molecule has 1 aromatic heterocycles. The number of piperazine rings is 1. The number of rotatable bonds is 13. The number of aromatic nitrogens is 1. The third-order valence-corrected chi connectivity index (χ3v) is 10.4. The number of sulfonamides is 1. The van der Waals surface area contributed by atoms with Crippen molar-refractivity contribution in [2.75, 3.05) is 57.3 Å². The quantitative estimate of drug-likeness (QED) is 0.272. The van der Waals surface area contributed by atoms with E-state index < -0.39 is 10.0 Å². The Hall–Kier alpha value is -2.24. The number of fused-ring (bicyclic) bond motifs is 1. The van der Waals surface area contributed by atoms with Crippen molar-refractivity contribution < 1.29 is 13.2 Å². The first-order chi connectivity index (χ1) is 19.2. The smallest absolute Gasteiger partial charge is 0.251 e. The molecule has 1 N–H and O–H groups in total. The lowest BCUT2D eigenvalue weighted by Crippen LogP contribution is -2.48. The number of aryl methyl sites for hydroxylation is 2. The Bertz CT molecular complexity index is 1380. The van der Waals surface area contributed by atoms with Gasteiger partial charge in [0.1, 0.15) is 0 Å². The second-order valence-corrected chi connectivity index (χ2v) is 13.6. The summed E-state index contributed by atoms with van der Waals surface area (Å²) in [7, 11) is -3.57. The van der Waals surface area contributed by atoms with Crippen molar-refractivity contribution in [3.8, 4) is 0 Å². The molecule has 1 saturated heterocycles. The second-order valence-electron chi connectivity index (χ2n) is 10.6. The third kappa shape index (κ3) is 8.41. The first-order valence-electron chi connectivity index (χ1n) is 14.5. The molecule has 1 fully saturated rings. The molecular weight excluding hydrogens is 578 g/mol. The van der Waals surface area contributed by atoms with Gasteiger partial charge in [-0.3, -0.25) is 9.69 Å². The van der Waals surface area contributed by atoms with Crippen LogP contribution in [-0.4, -0.2) is 80.9 Å². The maximum absolute atomic E-state index is 13.2. The number of hydrogen-bond acceptors (Lipinski definition) is 7. The van der Waals surface area contributed by atoms with Gasteiger partial charge < -0.3 is 10.2 Å². The zero-order valence-corrected chi connectivity index (χ0v) is 27.1. The summed E-state index contributed by atoms with van der Waals surface area (Å²) in [5, 5.41) is 4.08. The van der Waals surface area contributed by atoms with Crippen LogP contribution >= 0.6 is 23.7 Å². The third-order valence-electron chi connectivity index (χ3n) is 7.45. The number of nitrogens with one attached hydrogen (secondary N) is 1. The van der Waals surface area contributed by atoms with Gasteiger partial charge in [-0.15, -0.1) is 12.4 Å². The standard InChI is InChI=1S/C30H43N5O3S2.ClH/c1-5-7-14-35(15-8-6-2)40(37,38)26-11-9-25(10-12-26)29(36)31-13-16-33-17-19-34(20-18-33)30-32-28-24(4)21-23(3)22-27(28)39-30;/h9-12,21-22H,5-8,13-20H2,1-4H3,(H,31,36);1H. The van der Waals surface area contributed by atoms with Gasteiger partial charge in [0.25, 0.3) is 5.91 Å². The van der Waals surface area contributed by atoms with Crippen LogP contribution in [0.5, 0.6) is 0 Å². The minimum Gasteiger partial charge on any atom is -0.351 e. The molecule has 0 atom stereocenters. The van der Waals surface area contributed by atoms with E-state index in [1.807, 2.05) is 0 Å². The van der Waals surface area contributed by atoms with Crippen molar-refractivity contribution >= 4 is 55.0 Å². The van der Waals surface area contributed by atoms with Crippen molar-refractivity contribution in [2.45, 2.75) is 58.3 Å². The Morgan fingerprint density at radius 2 is 1.63 bits per heavy atom. The van der Waals surface area contributed by atoms with E-state index in [0.29, 0.717) is 25.2 Å². The molecule has 8 nitrogen and oxygen atoms in total. The van der Waals surface area contributed by atoms with Gasteiger partial charge in [0.2, 0.25) is 10.0 Å². The molecule has 4 rings (SSSR count). The average Bonchev–Trinajstić information content (AvgIpc) is 3.38. The predicted molar refractivity (Wildman–Crippen MR) is 172 cm³/mol. The van der Waals surface area contributed by atoms with E-state index >= 15 is 0 Å². The Balaban J connectivity index is 0.00000462. The van der Waals surface area contributed by atoms with E-state index in [-0.39, 0.29) is 23.2 Å². The van der Waals surface area contributed by atoms with E-state index in [9.17, 15) is 13.2 Å². The summed E-state index contributed by atoms with van der Waals surface area (Å²) in [6.07, 6.45) is 3.55. The number of nitrogens with zero attached hydrogens (tertiary/aromatic N) is 4. The minimum absolute atomic E-state index is 0. The number of benzene rings is 2. The van der Waals surface area contributed by atoms with Crippen LogP contribution < -0.4 is 10.2 Å². The Morgan fingerprint density at radius 1 is 1.00 bits per heavy atom. The van der Waals surface area contributed by atoms with Crippen molar-refractivity contribution in [2.24, 2.45) is 0 Å². The van der Waals surface area contributed by atoms with E-state index in [1.54, 1.807) is 39.9 Å². The summed E-state index contributed by atoms with van der Waals surface area (Å²) in [5.41, 5.74) is 4.07.